The molecule has 15 heavy (non-hydrogen) atoms. The minimum Gasteiger partial charge on any atom is -0.493 e. The molecule has 1 rings (SSSR count). The zero-order valence-electron chi connectivity index (χ0n) is 8.59. The van der Waals surface area contributed by atoms with E-state index < -0.39 is 0 Å². The van der Waals surface area contributed by atoms with E-state index in [1.54, 1.807) is 14.2 Å². The predicted octanol–water partition coefficient (Wildman–Crippen LogP) is 3.77. The largest absolute Gasteiger partial charge is 0.493 e. The van der Waals surface area contributed by atoms with Crippen LogP contribution in [0.1, 0.15) is 5.56 Å². The Labute approximate surface area is 103 Å². The molecule has 0 aromatic heterocycles. The molecule has 0 fully saturated rings. The second-order valence-corrected chi connectivity index (χ2v) is 3.79. The second-order valence-electron chi connectivity index (χ2n) is 2.76. The van der Waals surface area contributed by atoms with Crippen LogP contribution in [0.4, 0.5) is 0 Å². The zero-order chi connectivity index (χ0) is 11.3. The SMILES string of the molecule is COc1ccc(C=CCBr)c(Cl)c1OC. The minimum absolute atomic E-state index is 0.564. The lowest BCUT2D eigenvalue weighted by atomic mass is 10.2. The summed E-state index contributed by atoms with van der Waals surface area (Å²) in [6, 6.07) is 3.72. The molecule has 0 heterocycles. The number of hydrogen-bond donors (Lipinski definition) is 0. The molecule has 0 unspecified atom stereocenters. The van der Waals surface area contributed by atoms with Crippen LogP contribution in [-0.2, 0) is 0 Å². The summed E-state index contributed by atoms with van der Waals surface area (Å²) < 4.78 is 10.3. The fourth-order valence-corrected chi connectivity index (χ4v) is 1.69. The average Bonchev–Trinajstić information content (AvgIpc) is 2.27. The first kappa shape index (κ1) is 12.4. The fourth-order valence-electron chi connectivity index (χ4n) is 1.20. The van der Waals surface area contributed by atoms with Crippen LogP contribution in [0.5, 0.6) is 11.5 Å². The Morgan fingerprint density at radius 3 is 2.60 bits per heavy atom. The topological polar surface area (TPSA) is 18.5 Å². The summed E-state index contributed by atoms with van der Waals surface area (Å²) in [5, 5.41) is 1.35. The summed E-state index contributed by atoms with van der Waals surface area (Å²) in [4.78, 5) is 0. The van der Waals surface area contributed by atoms with Crippen molar-refractivity contribution in [2.24, 2.45) is 0 Å². The standard InChI is InChI=1S/C11H12BrClO2/c1-14-9-6-5-8(4-3-7-12)10(13)11(9)15-2/h3-6H,7H2,1-2H3. The minimum atomic E-state index is 0.564. The lowest BCUT2D eigenvalue weighted by molar-refractivity contribution is 0.355. The van der Waals surface area contributed by atoms with Gasteiger partial charge in [0.05, 0.1) is 19.2 Å². The summed E-state index contributed by atoms with van der Waals surface area (Å²) in [6.45, 7) is 0. The predicted molar refractivity (Wildman–Crippen MR) is 67.4 cm³/mol. The number of alkyl halides is 1. The molecule has 0 atom stereocenters. The maximum absolute atomic E-state index is 6.16. The van der Waals surface area contributed by atoms with Crippen LogP contribution in [0.3, 0.4) is 0 Å². The Morgan fingerprint density at radius 2 is 2.07 bits per heavy atom. The van der Waals surface area contributed by atoms with Gasteiger partial charge in [-0.25, -0.2) is 0 Å². The number of allylic oxidation sites excluding steroid dienone is 1. The van der Waals surface area contributed by atoms with E-state index in [0.717, 1.165) is 10.9 Å². The third kappa shape index (κ3) is 2.89. The molecule has 1 aromatic rings. The monoisotopic (exact) mass is 290 g/mol. The van der Waals surface area contributed by atoms with Crippen LogP contribution in [0.15, 0.2) is 18.2 Å². The van der Waals surface area contributed by atoms with Crippen molar-refractivity contribution in [3.63, 3.8) is 0 Å². The van der Waals surface area contributed by atoms with Gasteiger partial charge in [-0.05, 0) is 17.7 Å². The smallest absolute Gasteiger partial charge is 0.179 e. The van der Waals surface area contributed by atoms with Gasteiger partial charge in [0.2, 0.25) is 0 Å². The van der Waals surface area contributed by atoms with Crippen molar-refractivity contribution < 1.29 is 9.47 Å². The number of benzene rings is 1. The van der Waals surface area contributed by atoms with Crippen LogP contribution in [-0.4, -0.2) is 19.5 Å². The van der Waals surface area contributed by atoms with Crippen LogP contribution < -0.4 is 9.47 Å². The van der Waals surface area contributed by atoms with Crippen LogP contribution in [0.2, 0.25) is 5.02 Å². The maximum atomic E-state index is 6.16. The Balaban J connectivity index is 3.17. The Morgan fingerprint density at radius 1 is 1.33 bits per heavy atom. The van der Waals surface area contributed by atoms with E-state index in [9.17, 15) is 0 Å². The first-order valence-electron chi connectivity index (χ1n) is 4.37. The molecule has 0 aliphatic rings. The quantitative estimate of drug-likeness (QED) is 0.786. The summed E-state index contributed by atoms with van der Waals surface area (Å²) in [7, 11) is 3.16. The molecule has 0 aliphatic heterocycles. The van der Waals surface area contributed by atoms with Gasteiger partial charge in [-0.15, -0.1) is 0 Å². The van der Waals surface area contributed by atoms with E-state index in [1.165, 1.54) is 0 Å². The van der Waals surface area contributed by atoms with E-state index in [1.807, 2.05) is 24.3 Å². The number of hydrogen-bond acceptors (Lipinski definition) is 2. The lowest BCUT2D eigenvalue weighted by Crippen LogP contribution is -1.92. The maximum Gasteiger partial charge on any atom is 0.179 e. The summed E-state index contributed by atoms with van der Waals surface area (Å²) in [5.74, 6) is 1.20. The Kier molecular flexibility index (Phi) is 4.99. The Bertz CT molecular complexity index is 364. The highest BCUT2D eigenvalue weighted by Crippen LogP contribution is 2.37. The molecular formula is C11H12BrClO2. The fraction of sp³-hybridized carbons (Fsp3) is 0.273. The van der Waals surface area contributed by atoms with Gasteiger partial charge >= 0.3 is 0 Å². The molecule has 2 nitrogen and oxygen atoms in total. The highest BCUT2D eigenvalue weighted by Gasteiger charge is 2.10. The third-order valence-corrected chi connectivity index (χ3v) is 2.67. The summed E-state index contributed by atoms with van der Waals surface area (Å²) >= 11 is 9.47. The van der Waals surface area contributed by atoms with Gasteiger partial charge in [0, 0.05) is 5.33 Å². The van der Waals surface area contributed by atoms with Crippen molar-refractivity contribution in [3.05, 3.63) is 28.8 Å². The van der Waals surface area contributed by atoms with Crippen molar-refractivity contribution in [1.29, 1.82) is 0 Å². The van der Waals surface area contributed by atoms with Crippen molar-refractivity contribution in [1.82, 2.24) is 0 Å². The molecule has 82 valence electrons. The third-order valence-electron chi connectivity index (χ3n) is 1.90. The van der Waals surface area contributed by atoms with Gasteiger partial charge in [0.25, 0.3) is 0 Å². The van der Waals surface area contributed by atoms with Crippen molar-refractivity contribution >= 4 is 33.6 Å². The van der Waals surface area contributed by atoms with Gasteiger partial charge in [0.1, 0.15) is 0 Å². The second kappa shape index (κ2) is 6.03. The molecule has 0 saturated carbocycles. The highest BCUT2D eigenvalue weighted by molar-refractivity contribution is 9.09. The first-order chi connectivity index (χ1) is 7.24. The molecule has 0 N–H and O–H groups in total. The molecular weight excluding hydrogens is 279 g/mol. The molecule has 0 bridgehead atoms. The van der Waals surface area contributed by atoms with Crippen molar-refractivity contribution in [2.75, 3.05) is 19.5 Å². The molecule has 0 radical (unpaired) electrons. The number of ether oxygens (including phenoxy) is 2. The zero-order valence-corrected chi connectivity index (χ0v) is 10.9. The number of halogens is 2. The van der Waals surface area contributed by atoms with Gasteiger partial charge in [-0.3, -0.25) is 0 Å². The van der Waals surface area contributed by atoms with Gasteiger partial charge in [0.15, 0.2) is 11.5 Å². The van der Waals surface area contributed by atoms with Crippen LogP contribution in [0.25, 0.3) is 6.08 Å². The number of methoxy groups -OCH3 is 2. The van der Waals surface area contributed by atoms with Gasteiger partial charge in [-0.2, -0.15) is 0 Å². The molecule has 0 saturated heterocycles. The Hall–Kier alpha value is -0.670. The number of rotatable bonds is 4. The van der Waals surface area contributed by atoms with Gasteiger partial charge < -0.3 is 9.47 Å². The average molecular weight is 292 g/mol. The van der Waals surface area contributed by atoms with E-state index >= 15 is 0 Å². The molecule has 0 amide bonds. The van der Waals surface area contributed by atoms with Crippen molar-refractivity contribution in [2.45, 2.75) is 0 Å². The molecule has 0 aliphatic carbocycles. The highest BCUT2D eigenvalue weighted by atomic mass is 79.9. The van der Waals surface area contributed by atoms with E-state index in [4.69, 9.17) is 21.1 Å². The van der Waals surface area contributed by atoms with E-state index in [-0.39, 0.29) is 0 Å². The summed E-state index contributed by atoms with van der Waals surface area (Å²) in [6.07, 6.45) is 3.90. The van der Waals surface area contributed by atoms with E-state index in [2.05, 4.69) is 15.9 Å². The first-order valence-corrected chi connectivity index (χ1v) is 5.87. The van der Waals surface area contributed by atoms with Crippen molar-refractivity contribution in [3.8, 4) is 11.5 Å². The van der Waals surface area contributed by atoms with Crippen LogP contribution >= 0.6 is 27.5 Å². The normalized spacial score (nSPS) is 10.7. The molecule has 1 aromatic carbocycles. The van der Waals surface area contributed by atoms with E-state index in [0.29, 0.717) is 16.5 Å². The molecule has 4 heteroatoms. The molecule has 0 spiro atoms. The lowest BCUT2D eigenvalue weighted by Gasteiger charge is -2.10. The van der Waals surface area contributed by atoms with Crippen LogP contribution in [0, 0.1) is 0 Å². The summed E-state index contributed by atoms with van der Waals surface area (Å²) in [5.41, 5.74) is 0.911. The van der Waals surface area contributed by atoms with Gasteiger partial charge in [-0.1, -0.05) is 39.7 Å².